The molecule has 0 N–H and O–H groups in total. The van der Waals surface area contributed by atoms with Gasteiger partial charge in [0, 0.05) is 12.3 Å². The summed E-state index contributed by atoms with van der Waals surface area (Å²) in [5, 5.41) is 0. The number of rotatable bonds is 2. The van der Waals surface area contributed by atoms with Gasteiger partial charge in [0.25, 0.3) is 0 Å². The first kappa shape index (κ1) is 24.6. The highest BCUT2D eigenvalue weighted by Gasteiger charge is 2.69. The summed E-state index contributed by atoms with van der Waals surface area (Å²) in [5.74, 6) is 2.94. The zero-order valence-electron chi connectivity index (χ0n) is 23.4. The smallest absolute Gasteiger partial charge is 0.302 e. The molecule has 0 unspecified atom stereocenters. The van der Waals surface area contributed by atoms with Crippen molar-refractivity contribution in [1.29, 1.82) is 0 Å². The standard InChI is InChI=1S/C32H50O2/c1-20(2)22-12-15-29(6)18-19-31(8)23(27(22)29)10-11-25-30(7)16-14-26(34-21(3)33)28(4,5)24(30)13-17-32(25,31)9/h13,22-23,25-27H,1,10-12,14-19H2,2-9H3/t22-,23+,25+,26-,27-,29+,30-,31+,32+/m0/s1. The number of allylic oxidation sites excluding steroid dienone is 2. The molecule has 190 valence electrons. The van der Waals surface area contributed by atoms with E-state index in [4.69, 9.17) is 4.74 Å². The third-order valence-electron chi connectivity index (χ3n) is 13.1. The van der Waals surface area contributed by atoms with Crippen molar-refractivity contribution in [3.8, 4) is 0 Å². The van der Waals surface area contributed by atoms with Crippen LogP contribution >= 0.6 is 0 Å². The molecule has 0 aromatic heterocycles. The summed E-state index contributed by atoms with van der Waals surface area (Å²) in [6.45, 7) is 23.6. The second kappa shape index (κ2) is 7.48. The fourth-order valence-corrected chi connectivity index (χ4v) is 11.1. The first-order valence-corrected chi connectivity index (χ1v) is 14.2. The van der Waals surface area contributed by atoms with E-state index in [1.165, 1.54) is 50.5 Å². The van der Waals surface area contributed by atoms with Crippen LogP contribution in [0.1, 0.15) is 113 Å². The van der Waals surface area contributed by atoms with Crippen molar-refractivity contribution in [2.75, 3.05) is 0 Å². The van der Waals surface area contributed by atoms with Crippen molar-refractivity contribution >= 4 is 5.97 Å². The second-order valence-electron chi connectivity index (χ2n) is 14.8. The van der Waals surface area contributed by atoms with Gasteiger partial charge in [0.2, 0.25) is 0 Å². The van der Waals surface area contributed by atoms with E-state index in [-0.39, 0.29) is 22.9 Å². The molecule has 0 aromatic rings. The number of hydrogen-bond acceptors (Lipinski definition) is 2. The number of fused-ring (bicyclic) bond motifs is 7. The lowest BCUT2D eigenvalue weighted by molar-refractivity contribution is -0.195. The summed E-state index contributed by atoms with van der Waals surface area (Å²) in [5.41, 5.74) is 4.39. The quantitative estimate of drug-likeness (QED) is 0.301. The van der Waals surface area contributed by atoms with Crippen LogP contribution in [0.5, 0.6) is 0 Å². The Bertz CT molecular complexity index is 927. The molecule has 0 bridgehead atoms. The SMILES string of the molecule is C=C(C)[C@@H]1CC[C@]2(C)CC[C@]3(C)[C@H](CC[C@@H]4[C@@]5(C)CC[C@H](OC(C)=O)C(C)(C)C5=CC[C@]43C)[C@H]12. The first-order valence-electron chi connectivity index (χ1n) is 14.2. The van der Waals surface area contributed by atoms with Crippen LogP contribution in [0.2, 0.25) is 0 Å². The molecule has 5 rings (SSSR count). The zero-order valence-corrected chi connectivity index (χ0v) is 23.4. The maximum Gasteiger partial charge on any atom is 0.302 e. The lowest BCUT2D eigenvalue weighted by Crippen LogP contribution is -2.64. The van der Waals surface area contributed by atoms with Crippen molar-refractivity contribution < 1.29 is 9.53 Å². The van der Waals surface area contributed by atoms with E-state index in [2.05, 4.69) is 61.1 Å². The molecule has 0 spiro atoms. The van der Waals surface area contributed by atoms with Gasteiger partial charge in [-0.2, -0.15) is 0 Å². The van der Waals surface area contributed by atoms with Crippen molar-refractivity contribution in [3.63, 3.8) is 0 Å². The number of carbonyl (C=O) groups excluding carboxylic acids is 1. The lowest BCUT2D eigenvalue weighted by atomic mass is 9.34. The summed E-state index contributed by atoms with van der Waals surface area (Å²) < 4.78 is 5.87. The number of esters is 1. The van der Waals surface area contributed by atoms with E-state index < -0.39 is 0 Å². The second-order valence-corrected chi connectivity index (χ2v) is 14.8. The molecular weight excluding hydrogens is 416 g/mol. The molecule has 34 heavy (non-hydrogen) atoms. The van der Waals surface area contributed by atoms with Gasteiger partial charge in [-0.05, 0) is 110 Å². The molecule has 0 saturated heterocycles. The normalized spacial score (nSPS) is 51.3. The van der Waals surface area contributed by atoms with Crippen LogP contribution in [-0.4, -0.2) is 12.1 Å². The minimum Gasteiger partial charge on any atom is -0.462 e. The summed E-state index contributed by atoms with van der Waals surface area (Å²) in [6, 6.07) is 0. The maximum atomic E-state index is 11.9. The molecule has 2 heteroatoms. The van der Waals surface area contributed by atoms with Gasteiger partial charge in [-0.25, -0.2) is 0 Å². The van der Waals surface area contributed by atoms with E-state index in [1.54, 1.807) is 12.5 Å². The van der Waals surface area contributed by atoms with Gasteiger partial charge in [-0.15, -0.1) is 0 Å². The average Bonchev–Trinajstić information content (AvgIpc) is 3.08. The highest BCUT2D eigenvalue weighted by Crippen LogP contribution is 2.76. The average molecular weight is 467 g/mol. The summed E-state index contributed by atoms with van der Waals surface area (Å²) in [6.07, 6.45) is 14.3. The predicted octanol–water partition coefficient (Wildman–Crippen LogP) is 8.52. The van der Waals surface area contributed by atoms with Gasteiger partial charge in [0.05, 0.1) is 0 Å². The van der Waals surface area contributed by atoms with Crippen LogP contribution < -0.4 is 0 Å². The summed E-state index contributed by atoms with van der Waals surface area (Å²) >= 11 is 0. The molecule has 0 amide bonds. The fraction of sp³-hybridized carbons (Fsp3) is 0.844. The van der Waals surface area contributed by atoms with Crippen molar-refractivity contribution in [2.45, 2.75) is 119 Å². The zero-order chi connectivity index (χ0) is 24.9. The maximum absolute atomic E-state index is 11.9. The van der Waals surface area contributed by atoms with Crippen LogP contribution in [0.25, 0.3) is 0 Å². The molecule has 2 nitrogen and oxygen atoms in total. The van der Waals surface area contributed by atoms with E-state index in [9.17, 15) is 4.79 Å². The molecular formula is C32H50O2. The van der Waals surface area contributed by atoms with Gasteiger partial charge in [-0.1, -0.05) is 65.3 Å². The van der Waals surface area contributed by atoms with Gasteiger partial charge in [-0.3, -0.25) is 4.79 Å². The lowest BCUT2D eigenvalue weighted by Gasteiger charge is -2.70. The molecule has 9 atom stereocenters. The third kappa shape index (κ3) is 3.02. The monoisotopic (exact) mass is 466 g/mol. The largest absolute Gasteiger partial charge is 0.462 e. The summed E-state index contributed by atoms with van der Waals surface area (Å²) in [7, 11) is 0. The van der Waals surface area contributed by atoms with E-state index >= 15 is 0 Å². The molecule has 5 aliphatic carbocycles. The Hall–Kier alpha value is -1.05. The van der Waals surface area contributed by atoms with Gasteiger partial charge >= 0.3 is 5.97 Å². The van der Waals surface area contributed by atoms with Crippen LogP contribution in [0.3, 0.4) is 0 Å². The Morgan fingerprint density at radius 1 is 0.912 bits per heavy atom. The van der Waals surface area contributed by atoms with Crippen LogP contribution in [-0.2, 0) is 9.53 Å². The predicted molar refractivity (Wildman–Crippen MR) is 140 cm³/mol. The Morgan fingerprint density at radius 2 is 1.62 bits per heavy atom. The van der Waals surface area contributed by atoms with Gasteiger partial charge in [0.15, 0.2) is 0 Å². The van der Waals surface area contributed by atoms with Gasteiger partial charge < -0.3 is 4.74 Å². The molecule has 0 radical (unpaired) electrons. The number of carbonyl (C=O) groups is 1. The molecule has 4 saturated carbocycles. The van der Waals surface area contributed by atoms with E-state index in [1.807, 2.05) is 0 Å². The third-order valence-corrected chi connectivity index (χ3v) is 13.1. The topological polar surface area (TPSA) is 26.3 Å². The minimum atomic E-state index is -0.134. The molecule has 5 aliphatic rings. The van der Waals surface area contributed by atoms with Crippen molar-refractivity contribution in [1.82, 2.24) is 0 Å². The Balaban J connectivity index is 1.55. The molecule has 0 aromatic carbocycles. The van der Waals surface area contributed by atoms with Crippen molar-refractivity contribution in [3.05, 3.63) is 23.8 Å². The first-order chi connectivity index (χ1) is 15.7. The van der Waals surface area contributed by atoms with E-state index in [0.29, 0.717) is 22.2 Å². The number of ether oxygens (including phenoxy) is 1. The van der Waals surface area contributed by atoms with E-state index in [0.717, 1.165) is 30.6 Å². The number of hydrogen-bond donors (Lipinski definition) is 0. The highest BCUT2D eigenvalue weighted by molar-refractivity contribution is 5.66. The highest BCUT2D eigenvalue weighted by atomic mass is 16.5. The Morgan fingerprint density at radius 3 is 2.26 bits per heavy atom. The van der Waals surface area contributed by atoms with Gasteiger partial charge in [0.1, 0.15) is 6.10 Å². The fourth-order valence-electron chi connectivity index (χ4n) is 11.1. The minimum absolute atomic E-state index is 0.00538. The Kier molecular flexibility index (Phi) is 5.42. The Labute approximate surface area is 209 Å². The molecule has 0 aliphatic heterocycles. The van der Waals surface area contributed by atoms with Crippen LogP contribution in [0.15, 0.2) is 23.8 Å². The van der Waals surface area contributed by atoms with Crippen molar-refractivity contribution in [2.24, 2.45) is 50.7 Å². The molecule has 0 heterocycles. The van der Waals surface area contributed by atoms with Crippen LogP contribution in [0, 0.1) is 50.7 Å². The van der Waals surface area contributed by atoms with Crippen LogP contribution in [0.4, 0.5) is 0 Å². The molecule has 4 fully saturated rings. The summed E-state index contributed by atoms with van der Waals surface area (Å²) in [4.78, 5) is 11.9.